The summed E-state index contributed by atoms with van der Waals surface area (Å²) >= 11 is 0. The molecule has 1 N–H and O–H groups in total. The largest absolute Gasteiger partial charge is 0.354 e. The van der Waals surface area contributed by atoms with Crippen molar-refractivity contribution in [3.8, 4) is 0 Å². The van der Waals surface area contributed by atoms with Crippen LogP contribution in [0.15, 0.2) is 0 Å². The van der Waals surface area contributed by atoms with Crippen molar-refractivity contribution in [2.45, 2.75) is 52.6 Å². The van der Waals surface area contributed by atoms with E-state index in [4.69, 9.17) is 0 Å². The van der Waals surface area contributed by atoms with Crippen LogP contribution >= 0.6 is 0 Å². The molecule has 1 heterocycles. The van der Waals surface area contributed by atoms with Crippen LogP contribution in [-0.4, -0.2) is 36.0 Å². The van der Waals surface area contributed by atoms with Crippen molar-refractivity contribution in [2.24, 2.45) is 5.92 Å². The Labute approximate surface area is 93.2 Å². The molecule has 0 atom stereocenters. The first-order chi connectivity index (χ1) is 7.00. The van der Waals surface area contributed by atoms with Crippen LogP contribution in [0.2, 0.25) is 0 Å². The molecule has 1 rings (SSSR count). The van der Waals surface area contributed by atoms with E-state index >= 15 is 0 Å². The second kappa shape index (κ2) is 5.50. The van der Waals surface area contributed by atoms with E-state index in [1.54, 1.807) is 0 Å². The monoisotopic (exact) mass is 212 g/mol. The highest BCUT2D eigenvalue weighted by Gasteiger charge is 2.25. The summed E-state index contributed by atoms with van der Waals surface area (Å²) in [5.41, 5.74) is 0. The van der Waals surface area contributed by atoms with Crippen molar-refractivity contribution >= 4 is 5.91 Å². The third kappa shape index (κ3) is 3.82. The van der Waals surface area contributed by atoms with Crippen molar-refractivity contribution < 1.29 is 4.79 Å². The van der Waals surface area contributed by atoms with Crippen LogP contribution in [-0.2, 0) is 4.79 Å². The van der Waals surface area contributed by atoms with Crippen LogP contribution in [0.5, 0.6) is 0 Å². The SMILES string of the molecule is CC(C)NC(=O)C1CCN(C(C)C)CC1. The summed E-state index contributed by atoms with van der Waals surface area (Å²) in [5.74, 6) is 0.482. The lowest BCUT2D eigenvalue weighted by atomic mass is 9.95. The maximum Gasteiger partial charge on any atom is 0.223 e. The van der Waals surface area contributed by atoms with Gasteiger partial charge < -0.3 is 10.2 Å². The number of likely N-dealkylation sites (tertiary alicyclic amines) is 1. The zero-order valence-electron chi connectivity index (χ0n) is 10.4. The standard InChI is InChI=1S/C12H24N2O/c1-9(2)13-12(15)11-5-7-14(8-6-11)10(3)4/h9-11H,5-8H2,1-4H3,(H,13,15). The van der Waals surface area contributed by atoms with Crippen LogP contribution in [0.25, 0.3) is 0 Å². The Morgan fingerprint density at radius 2 is 1.73 bits per heavy atom. The lowest BCUT2D eigenvalue weighted by molar-refractivity contribution is -0.127. The van der Waals surface area contributed by atoms with Gasteiger partial charge in [0, 0.05) is 18.0 Å². The molecule has 0 aromatic rings. The summed E-state index contributed by atoms with van der Waals surface area (Å²) in [4.78, 5) is 14.2. The van der Waals surface area contributed by atoms with Gasteiger partial charge in [-0.3, -0.25) is 4.79 Å². The minimum absolute atomic E-state index is 0.238. The van der Waals surface area contributed by atoms with Crippen LogP contribution in [0.3, 0.4) is 0 Å². The number of piperidine rings is 1. The minimum Gasteiger partial charge on any atom is -0.354 e. The first-order valence-corrected chi connectivity index (χ1v) is 6.05. The number of carbonyl (C=O) groups excluding carboxylic acids is 1. The van der Waals surface area contributed by atoms with Gasteiger partial charge in [0.25, 0.3) is 0 Å². The molecule has 3 heteroatoms. The van der Waals surface area contributed by atoms with Crippen molar-refractivity contribution in [2.75, 3.05) is 13.1 Å². The van der Waals surface area contributed by atoms with Crippen LogP contribution < -0.4 is 5.32 Å². The topological polar surface area (TPSA) is 32.3 Å². The third-order valence-electron chi connectivity index (χ3n) is 3.06. The predicted molar refractivity (Wildman–Crippen MR) is 62.7 cm³/mol. The summed E-state index contributed by atoms with van der Waals surface area (Å²) in [6.45, 7) is 10.6. The quantitative estimate of drug-likeness (QED) is 0.771. The van der Waals surface area contributed by atoms with Gasteiger partial charge in [-0.2, -0.15) is 0 Å². The molecule has 15 heavy (non-hydrogen) atoms. The Morgan fingerprint density at radius 3 is 2.13 bits per heavy atom. The molecule has 0 spiro atoms. The van der Waals surface area contributed by atoms with Crippen LogP contribution in [0.1, 0.15) is 40.5 Å². The average molecular weight is 212 g/mol. The number of rotatable bonds is 3. The summed E-state index contributed by atoms with van der Waals surface area (Å²) < 4.78 is 0. The summed E-state index contributed by atoms with van der Waals surface area (Å²) in [6.07, 6.45) is 2.02. The lowest BCUT2D eigenvalue weighted by Crippen LogP contribution is -2.44. The van der Waals surface area contributed by atoms with Gasteiger partial charge in [-0.05, 0) is 53.6 Å². The van der Waals surface area contributed by atoms with Gasteiger partial charge >= 0.3 is 0 Å². The van der Waals surface area contributed by atoms with E-state index in [2.05, 4.69) is 24.1 Å². The summed E-state index contributed by atoms with van der Waals surface area (Å²) in [5, 5.41) is 3.00. The van der Waals surface area contributed by atoms with E-state index in [9.17, 15) is 4.79 Å². The molecule has 3 nitrogen and oxygen atoms in total. The van der Waals surface area contributed by atoms with E-state index < -0.39 is 0 Å². The van der Waals surface area contributed by atoms with Gasteiger partial charge in [0.05, 0.1) is 0 Å². The Kier molecular flexibility index (Phi) is 4.58. The Hall–Kier alpha value is -0.570. The zero-order valence-corrected chi connectivity index (χ0v) is 10.4. The fourth-order valence-corrected chi connectivity index (χ4v) is 2.08. The smallest absolute Gasteiger partial charge is 0.223 e. The highest BCUT2D eigenvalue weighted by molar-refractivity contribution is 5.78. The molecule has 1 aliphatic heterocycles. The number of amides is 1. The molecular formula is C12H24N2O. The number of hydrogen-bond donors (Lipinski definition) is 1. The molecule has 0 aliphatic carbocycles. The summed E-state index contributed by atoms with van der Waals surface area (Å²) in [6, 6.07) is 0.875. The third-order valence-corrected chi connectivity index (χ3v) is 3.06. The molecule has 0 bridgehead atoms. The van der Waals surface area contributed by atoms with Gasteiger partial charge in [-0.1, -0.05) is 0 Å². The van der Waals surface area contributed by atoms with Gasteiger partial charge in [0.1, 0.15) is 0 Å². The molecule has 0 aromatic carbocycles. The molecule has 1 fully saturated rings. The van der Waals surface area contributed by atoms with Gasteiger partial charge in [-0.15, -0.1) is 0 Å². The van der Waals surface area contributed by atoms with Crippen molar-refractivity contribution in [1.29, 1.82) is 0 Å². The number of nitrogens with zero attached hydrogens (tertiary/aromatic N) is 1. The fraction of sp³-hybridized carbons (Fsp3) is 0.917. The van der Waals surface area contributed by atoms with E-state index in [1.165, 1.54) is 0 Å². The second-order valence-electron chi connectivity index (χ2n) is 5.07. The minimum atomic E-state index is 0.238. The average Bonchev–Trinajstić information content (AvgIpc) is 2.17. The van der Waals surface area contributed by atoms with Crippen LogP contribution in [0, 0.1) is 5.92 Å². The maximum absolute atomic E-state index is 11.8. The molecule has 1 amide bonds. The van der Waals surface area contributed by atoms with E-state index in [1.807, 2.05) is 13.8 Å². The Morgan fingerprint density at radius 1 is 1.20 bits per heavy atom. The van der Waals surface area contributed by atoms with E-state index in [-0.39, 0.29) is 17.9 Å². The van der Waals surface area contributed by atoms with Crippen molar-refractivity contribution in [3.05, 3.63) is 0 Å². The molecule has 0 unspecified atom stereocenters. The molecular weight excluding hydrogens is 188 g/mol. The predicted octanol–water partition coefficient (Wildman–Crippen LogP) is 1.63. The first kappa shape index (κ1) is 12.5. The Bertz CT molecular complexity index is 206. The fourth-order valence-electron chi connectivity index (χ4n) is 2.08. The van der Waals surface area contributed by atoms with Crippen molar-refractivity contribution in [1.82, 2.24) is 10.2 Å². The zero-order chi connectivity index (χ0) is 11.4. The highest BCUT2D eigenvalue weighted by Crippen LogP contribution is 2.18. The second-order valence-corrected chi connectivity index (χ2v) is 5.07. The first-order valence-electron chi connectivity index (χ1n) is 6.05. The number of hydrogen-bond acceptors (Lipinski definition) is 2. The molecule has 88 valence electrons. The van der Waals surface area contributed by atoms with Gasteiger partial charge in [0.2, 0.25) is 5.91 Å². The molecule has 0 saturated carbocycles. The summed E-state index contributed by atoms with van der Waals surface area (Å²) in [7, 11) is 0. The van der Waals surface area contributed by atoms with Crippen LogP contribution in [0.4, 0.5) is 0 Å². The van der Waals surface area contributed by atoms with Gasteiger partial charge in [0.15, 0.2) is 0 Å². The highest BCUT2D eigenvalue weighted by atomic mass is 16.1. The molecule has 0 radical (unpaired) electrons. The number of nitrogens with one attached hydrogen (secondary N) is 1. The Balaban J connectivity index is 2.34. The maximum atomic E-state index is 11.8. The van der Waals surface area contributed by atoms with Crippen molar-refractivity contribution in [3.63, 3.8) is 0 Å². The normalized spacial score (nSPS) is 19.9. The van der Waals surface area contributed by atoms with Gasteiger partial charge in [-0.25, -0.2) is 0 Å². The van der Waals surface area contributed by atoms with E-state index in [0.29, 0.717) is 6.04 Å². The molecule has 1 saturated heterocycles. The molecule has 1 aliphatic rings. The molecule has 0 aromatic heterocycles. The van der Waals surface area contributed by atoms with E-state index in [0.717, 1.165) is 25.9 Å². The number of carbonyl (C=O) groups is 1. The lowest BCUT2D eigenvalue weighted by Gasteiger charge is -2.34.